The van der Waals surface area contributed by atoms with E-state index in [1.807, 2.05) is 0 Å². The monoisotopic (exact) mass is 515 g/mol. The number of hydrogen-bond donors (Lipinski definition) is 0. The molecule has 0 fully saturated rings. The zero-order valence-corrected chi connectivity index (χ0v) is 22.8. The molecule has 0 heterocycles. The molecular weight excluding hydrogens is 484 g/mol. The lowest BCUT2D eigenvalue weighted by atomic mass is 10.0. The van der Waals surface area contributed by atoms with Crippen molar-refractivity contribution in [2.75, 3.05) is 9.80 Å². The minimum atomic E-state index is 1.06. The summed E-state index contributed by atoms with van der Waals surface area (Å²) in [4.78, 5) is 4.57. The Bertz CT molecular complexity index is 1560. The molecule has 0 bridgehead atoms. The van der Waals surface area contributed by atoms with Gasteiger partial charge in [-0.15, -0.1) is 29.8 Å². The summed E-state index contributed by atoms with van der Waals surface area (Å²) in [5.74, 6) is 0. The molecule has 0 saturated carbocycles. The molecule has 6 aromatic carbocycles. The second-order valence-corrected chi connectivity index (χ2v) is 10.0. The molecular formula is C38H31N2-. The van der Waals surface area contributed by atoms with Gasteiger partial charge in [0.25, 0.3) is 0 Å². The number of aryl methyl sites for hydroxylation is 2. The van der Waals surface area contributed by atoms with Crippen LogP contribution in [-0.2, 0) is 0 Å². The molecule has 0 aromatic heterocycles. The fourth-order valence-electron chi connectivity index (χ4n) is 5.11. The van der Waals surface area contributed by atoms with Gasteiger partial charge in [0, 0.05) is 28.4 Å². The van der Waals surface area contributed by atoms with Crippen molar-refractivity contribution >= 4 is 34.1 Å². The van der Waals surface area contributed by atoms with Crippen molar-refractivity contribution in [1.82, 2.24) is 0 Å². The number of hydrogen-bond acceptors (Lipinski definition) is 2. The Morgan fingerprint density at radius 3 is 1.32 bits per heavy atom. The van der Waals surface area contributed by atoms with Gasteiger partial charge < -0.3 is 9.80 Å². The normalized spacial score (nSPS) is 10.8. The van der Waals surface area contributed by atoms with Crippen LogP contribution in [0.1, 0.15) is 11.1 Å². The first-order valence-electron chi connectivity index (χ1n) is 13.6. The van der Waals surface area contributed by atoms with Crippen LogP contribution in [0.25, 0.3) is 11.1 Å². The lowest BCUT2D eigenvalue weighted by Crippen LogP contribution is -2.10. The van der Waals surface area contributed by atoms with Crippen LogP contribution in [0.4, 0.5) is 34.1 Å². The molecule has 0 spiro atoms. The van der Waals surface area contributed by atoms with Gasteiger partial charge in [0.1, 0.15) is 0 Å². The van der Waals surface area contributed by atoms with Crippen molar-refractivity contribution in [3.63, 3.8) is 0 Å². The molecule has 194 valence electrons. The number of benzene rings is 6. The van der Waals surface area contributed by atoms with Gasteiger partial charge >= 0.3 is 0 Å². The zero-order valence-electron chi connectivity index (χ0n) is 22.8. The summed E-state index contributed by atoms with van der Waals surface area (Å²) in [7, 11) is 0. The third-order valence-electron chi connectivity index (χ3n) is 7.04. The summed E-state index contributed by atoms with van der Waals surface area (Å²) in [5.41, 5.74) is 11.4. The first kappa shape index (κ1) is 25.2. The smallest absolute Gasteiger partial charge is 0.0464 e. The van der Waals surface area contributed by atoms with Crippen molar-refractivity contribution in [2.24, 2.45) is 0 Å². The highest BCUT2D eigenvalue weighted by molar-refractivity contribution is 5.80. The van der Waals surface area contributed by atoms with Gasteiger partial charge in [-0.3, -0.25) is 0 Å². The number of para-hydroxylation sites is 2. The molecule has 0 N–H and O–H groups in total. The average molecular weight is 516 g/mol. The maximum absolute atomic E-state index is 3.55. The summed E-state index contributed by atoms with van der Waals surface area (Å²) >= 11 is 0. The fraction of sp³-hybridized carbons (Fsp3) is 0.0526. The van der Waals surface area contributed by atoms with E-state index in [1.165, 1.54) is 11.1 Å². The van der Waals surface area contributed by atoms with Crippen molar-refractivity contribution in [1.29, 1.82) is 0 Å². The van der Waals surface area contributed by atoms with E-state index in [9.17, 15) is 0 Å². The van der Waals surface area contributed by atoms with Gasteiger partial charge in [-0.2, -0.15) is 0 Å². The predicted molar refractivity (Wildman–Crippen MR) is 170 cm³/mol. The lowest BCUT2D eigenvalue weighted by molar-refractivity contribution is 1.27. The maximum atomic E-state index is 3.55. The molecule has 0 saturated heterocycles. The van der Waals surface area contributed by atoms with Gasteiger partial charge in [-0.25, -0.2) is 0 Å². The quantitative estimate of drug-likeness (QED) is 0.195. The van der Waals surface area contributed by atoms with E-state index < -0.39 is 0 Å². The highest BCUT2D eigenvalue weighted by Gasteiger charge is 2.12. The second kappa shape index (κ2) is 11.3. The Kier molecular flexibility index (Phi) is 7.15. The molecule has 40 heavy (non-hydrogen) atoms. The Balaban J connectivity index is 1.32. The highest BCUT2D eigenvalue weighted by Crippen LogP contribution is 2.38. The third kappa shape index (κ3) is 5.39. The minimum absolute atomic E-state index is 1.06. The Morgan fingerprint density at radius 1 is 0.400 bits per heavy atom. The highest BCUT2D eigenvalue weighted by atomic mass is 15.1. The largest absolute Gasteiger partial charge is 0.352 e. The first-order valence-corrected chi connectivity index (χ1v) is 13.6. The van der Waals surface area contributed by atoms with E-state index in [-0.39, 0.29) is 0 Å². The lowest BCUT2D eigenvalue weighted by Gasteiger charge is -2.30. The SMILES string of the molecule is Cc1cccc(N(c2c[c-]c(-c3ccc(N(c4ccccc4)c4cccc(C)c4)cc3)cc2)c2ccccc2)c1. The molecule has 0 aliphatic carbocycles. The fourth-order valence-corrected chi connectivity index (χ4v) is 5.11. The van der Waals surface area contributed by atoms with E-state index in [0.29, 0.717) is 0 Å². The Hall–Kier alpha value is -5.08. The number of anilines is 6. The van der Waals surface area contributed by atoms with Crippen LogP contribution in [0.2, 0.25) is 0 Å². The van der Waals surface area contributed by atoms with Crippen LogP contribution in [0, 0.1) is 19.9 Å². The van der Waals surface area contributed by atoms with E-state index >= 15 is 0 Å². The molecule has 6 rings (SSSR count). The van der Waals surface area contributed by atoms with Crippen LogP contribution in [0.3, 0.4) is 0 Å². The molecule has 0 aliphatic rings. The summed E-state index contributed by atoms with van der Waals surface area (Å²) in [5, 5.41) is 0. The summed E-state index contributed by atoms with van der Waals surface area (Å²) in [6, 6.07) is 56.9. The van der Waals surface area contributed by atoms with Crippen molar-refractivity contribution in [3.8, 4) is 11.1 Å². The van der Waals surface area contributed by atoms with E-state index in [0.717, 1.165) is 45.3 Å². The molecule has 0 amide bonds. The number of nitrogens with zero attached hydrogens (tertiary/aromatic N) is 2. The Morgan fingerprint density at radius 2 is 0.850 bits per heavy atom. The van der Waals surface area contributed by atoms with Crippen molar-refractivity contribution in [2.45, 2.75) is 13.8 Å². The summed E-state index contributed by atoms with van der Waals surface area (Å²) in [6.45, 7) is 4.26. The van der Waals surface area contributed by atoms with Crippen molar-refractivity contribution < 1.29 is 0 Å². The molecule has 0 radical (unpaired) electrons. The summed E-state index contributed by atoms with van der Waals surface area (Å²) < 4.78 is 0. The Labute approximate surface area is 237 Å². The van der Waals surface area contributed by atoms with Crippen LogP contribution in [0.15, 0.2) is 152 Å². The standard InChI is InChI=1S/C38H31N2/c1-29-11-9-17-37(27-29)39(33-13-5-3-6-14-33)35-23-19-31(20-24-35)32-21-25-36(26-22-32)40(34-15-7-4-8-16-34)38-18-10-12-30(2)28-38/h3-21,23-28H,1-2H3/q-1. The zero-order chi connectivity index (χ0) is 27.3. The van der Waals surface area contributed by atoms with E-state index in [4.69, 9.17) is 0 Å². The average Bonchev–Trinajstić information content (AvgIpc) is 3.00. The number of rotatable bonds is 7. The van der Waals surface area contributed by atoms with E-state index in [1.54, 1.807) is 0 Å². The third-order valence-corrected chi connectivity index (χ3v) is 7.04. The summed E-state index contributed by atoms with van der Waals surface area (Å²) in [6.07, 6.45) is 0. The van der Waals surface area contributed by atoms with Crippen LogP contribution in [-0.4, -0.2) is 0 Å². The van der Waals surface area contributed by atoms with Gasteiger partial charge in [0.2, 0.25) is 0 Å². The second-order valence-electron chi connectivity index (χ2n) is 10.0. The molecule has 6 aromatic rings. The minimum Gasteiger partial charge on any atom is -0.352 e. The molecule has 0 unspecified atom stereocenters. The topological polar surface area (TPSA) is 6.48 Å². The molecule has 2 nitrogen and oxygen atoms in total. The molecule has 0 aliphatic heterocycles. The van der Waals surface area contributed by atoms with Gasteiger partial charge in [0.15, 0.2) is 0 Å². The van der Waals surface area contributed by atoms with Gasteiger partial charge in [0.05, 0.1) is 0 Å². The van der Waals surface area contributed by atoms with Crippen LogP contribution in [0.5, 0.6) is 0 Å². The van der Waals surface area contributed by atoms with E-state index in [2.05, 4.69) is 181 Å². The molecule has 0 atom stereocenters. The van der Waals surface area contributed by atoms with Crippen molar-refractivity contribution in [3.05, 3.63) is 169 Å². The molecule has 2 heteroatoms. The van der Waals surface area contributed by atoms with Gasteiger partial charge in [-0.05, 0) is 91.3 Å². The maximum Gasteiger partial charge on any atom is 0.0464 e. The predicted octanol–water partition coefficient (Wildman–Crippen LogP) is 10.7. The first-order chi connectivity index (χ1) is 19.7. The van der Waals surface area contributed by atoms with Gasteiger partial charge in [-0.1, -0.05) is 78.4 Å². The van der Waals surface area contributed by atoms with Crippen LogP contribution < -0.4 is 9.80 Å². The van der Waals surface area contributed by atoms with Crippen LogP contribution >= 0.6 is 0 Å².